The lowest BCUT2D eigenvalue weighted by Crippen LogP contribution is -2.12. The zero-order valence-corrected chi connectivity index (χ0v) is 14.6. The van der Waals surface area contributed by atoms with Crippen molar-refractivity contribution < 1.29 is 14.3 Å². The molecule has 0 N–H and O–H groups in total. The third-order valence-electron chi connectivity index (χ3n) is 3.43. The first kappa shape index (κ1) is 17.3. The molecule has 4 heteroatoms. The molecule has 1 rings (SSSR count). The third kappa shape index (κ3) is 4.96. The predicted molar refractivity (Wildman–Crippen MR) is 89.9 cm³/mol. The molecule has 1 unspecified atom stereocenters. The number of aldehydes is 1. The van der Waals surface area contributed by atoms with Gasteiger partial charge in [-0.05, 0) is 47.1 Å². The molecule has 1 aromatic carbocycles. The highest BCUT2D eigenvalue weighted by Crippen LogP contribution is 2.29. The van der Waals surface area contributed by atoms with Crippen molar-refractivity contribution in [3.63, 3.8) is 0 Å². The van der Waals surface area contributed by atoms with E-state index >= 15 is 0 Å². The summed E-state index contributed by atoms with van der Waals surface area (Å²) in [6.07, 6.45) is 5.57. The maximum Gasteiger partial charge on any atom is 0.153 e. The topological polar surface area (TPSA) is 35.5 Å². The lowest BCUT2D eigenvalue weighted by Gasteiger charge is -2.17. The van der Waals surface area contributed by atoms with E-state index in [1.807, 2.05) is 6.07 Å². The Bertz CT molecular complexity index is 432. The van der Waals surface area contributed by atoms with Crippen LogP contribution in [0.15, 0.2) is 12.1 Å². The maximum absolute atomic E-state index is 11.0. The fraction of sp³-hybridized carbons (Fsp3) is 0.562. The van der Waals surface area contributed by atoms with E-state index in [0.717, 1.165) is 22.0 Å². The van der Waals surface area contributed by atoms with Crippen LogP contribution in [0.25, 0.3) is 0 Å². The molecular weight excluding hydrogens is 367 g/mol. The third-order valence-corrected chi connectivity index (χ3v) is 4.27. The maximum atomic E-state index is 11.0. The molecule has 0 aliphatic carbocycles. The molecule has 0 spiro atoms. The zero-order valence-electron chi connectivity index (χ0n) is 12.4. The second-order valence-corrected chi connectivity index (χ2v) is 6.03. The summed E-state index contributed by atoms with van der Waals surface area (Å²) in [6.45, 7) is 5.10. The molecule has 112 valence electrons. The fourth-order valence-electron chi connectivity index (χ4n) is 2.04. The van der Waals surface area contributed by atoms with Crippen molar-refractivity contribution in [2.45, 2.75) is 39.5 Å². The van der Waals surface area contributed by atoms with E-state index in [1.54, 1.807) is 13.2 Å². The minimum atomic E-state index is 0.532. The van der Waals surface area contributed by atoms with E-state index in [4.69, 9.17) is 9.47 Å². The Morgan fingerprint density at radius 3 is 2.60 bits per heavy atom. The van der Waals surface area contributed by atoms with Crippen molar-refractivity contribution >= 4 is 28.9 Å². The van der Waals surface area contributed by atoms with E-state index in [-0.39, 0.29) is 0 Å². The van der Waals surface area contributed by atoms with Gasteiger partial charge in [0.2, 0.25) is 0 Å². The summed E-state index contributed by atoms with van der Waals surface area (Å²) < 4.78 is 12.1. The van der Waals surface area contributed by atoms with E-state index in [2.05, 4.69) is 36.4 Å². The molecule has 1 aromatic rings. The number of methoxy groups -OCH3 is 1. The van der Waals surface area contributed by atoms with Crippen molar-refractivity contribution in [3.05, 3.63) is 21.3 Å². The Labute approximate surface area is 135 Å². The van der Waals surface area contributed by atoms with Crippen molar-refractivity contribution in [1.29, 1.82) is 0 Å². The molecule has 0 bridgehead atoms. The molecule has 20 heavy (non-hydrogen) atoms. The second kappa shape index (κ2) is 9.21. The molecule has 0 aromatic heterocycles. The lowest BCUT2D eigenvalue weighted by molar-refractivity contribution is 0.112. The fourth-order valence-corrected chi connectivity index (χ4v) is 2.63. The number of hydrogen-bond donors (Lipinski definition) is 0. The normalized spacial score (nSPS) is 12.0. The molecule has 3 nitrogen and oxygen atoms in total. The second-order valence-electron chi connectivity index (χ2n) is 4.87. The SMILES string of the molecule is CCCCC(CC)COc1cc(C=O)c(OC)cc1I. The molecule has 0 amide bonds. The van der Waals surface area contributed by atoms with Gasteiger partial charge in [0.05, 0.1) is 22.9 Å². The van der Waals surface area contributed by atoms with Gasteiger partial charge in [0.15, 0.2) is 6.29 Å². The van der Waals surface area contributed by atoms with Gasteiger partial charge in [0.25, 0.3) is 0 Å². The van der Waals surface area contributed by atoms with Crippen LogP contribution in [0, 0.1) is 9.49 Å². The summed E-state index contributed by atoms with van der Waals surface area (Å²) >= 11 is 2.21. The van der Waals surface area contributed by atoms with Gasteiger partial charge >= 0.3 is 0 Å². The molecule has 0 aliphatic rings. The number of unbranched alkanes of at least 4 members (excludes halogenated alkanes) is 1. The summed E-state index contributed by atoms with van der Waals surface area (Å²) in [5.74, 6) is 1.94. The number of ether oxygens (including phenoxy) is 2. The highest BCUT2D eigenvalue weighted by atomic mass is 127. The number of carbonyl (C=O) groups excluding carboxylic acids is 1. The van der Waals surface area contributed by atoms with Gasteiger partial charge in [0, 0.05) is 0 Å². The summed E-state index contributed by atoms with van der Waals surface area (Å²) in [6, 6.07) is 3.60. The Kier molecular flexibility index (Phi) is 7.95. The average Bonchev–Trinajstić information content (AvgIpc) is 2.48. The molecule has 0 heterocycles. The van der Waals surface area contributed by atoms with E-state index in [1.165, 1.54) is 19.3 Å². The molecular formula is C16H23IO3. The molecule has 0 saturated heterocycles. The number of carbonyl (C=O) groups is 1. The van der Waals surface area contributed by atoms with Crippen molar-refractivity contribution in [2.24, 2.45) is 5.92 Å². The van der Waals surface area contributed by atoms with Crippen LogP contribution in [-0.4, -0.2) is 20.0 Å². The summed E-state index contributed by atoms with van der Waals surface area (Å²) in [4.78, 5) is 11.0. The van der Waals surface area contributed by atoms with Gasteiger partial charge in [-0.2, -0.15) is 0 Å². The van der Waals surface area contributed by atoms with Crippen molar-refractivity contribution in [1.82, 2.24) is 0 Å². The highest BCUT2D eigenvalue weighted by molar-refractivity contribution is 14.1. The van der Waals surface area contributed by atoms with Crippen LogP contribution in [0.2, 0.25) is 0 Å². The molecule has 0 radical (unpaired) electrons. The lowest BCUT2D eigenvalue weighted by atomic mass is 10.0. The Balaban J connectivity index is 2.74. The monoisotopic (exact) mass is 390 g/mol. The standard InChI is InChI=1S/C16H23IO3/c1-4-6-7-12(5-2)11-20-16-8-13(10-18)15(19-3)9-14(16)17/h8-10,12H,4-7,11H2,1-3H3. The first-order valence-corrected chi connectivity index (χ1v) is 8.19. The smallest absolute Gasteiger partial charge is 0.153 e. The van der Waals surface area contributed by atoms with Crippen molar-refractivity contribution in [3.8, 4) is 11.5 Å². The summed E-state index contributed by atoms with van der Waals surface area (Å²) in [7, 11) is 1.57. The number of rotatable bonds is 9. The summed E-state index contributed by atoms with van der Waals surface area (Å²) in [5.41, 5.74) is 0.532. The van der Waals surface area contributed by atoms with Gasteiger partial charge < -0.3 is 9.47 Å². The van der Waals surface area contributed by atoms with Crippen LogP contribution < -0.4 is 9.47 Å². The van der Waals surface area contributed by atoms with E-state index < -0.39 is 0 Å². The molecule has 0 saturated carbocycles. The molecule has 0 fully saturated rings. The summed E-state index contributed by atoms with van der Waals surface area (Å²) in [5, 5.41) is 0. The average molecular weight is 390 g/mol. The Morgan fingerprint density at radius 2 is 2.05 bits per heavy atom. The van der Waals surface area contributed by atoms with Gasteiger partial charge in [0.1, 0.15) is 11.5 Å². The van der Waals surface area contributed by atoms with Gasteiger partial charge in [-0.1, -0.05) is 33.1 Å². The Morgan fingerprint density at radius 1 is 1.30 bits per heavy atom. The predicted octanol–water partition coefficient (Wildman–Crippen LogP) is 4.71. The van der Waals surface area contributed by atoms with Crippen LogP contribution in [0.5, 0.6) is 11.5 Å². The zero-order chi connectivity index (χ0) is 15.0. The number of halogens is 1. The van der Waals surface area contributed by atoms with Crippen LogP contribution in [0.1, 0.15) is 49.9 Å². The van der Waals surface area contributed by atoms with E-state index in [0.29, 0.717) is 23.8 Å². The first-order valence-electron chi connectivity index (χ1n) is 7.11. The van der Waals surface area contributed by atoms with Gasteiger partial charge in [-0.3, -0.25) is 4.79 Å². The number of benzene rings is 1. The van der Waals surface area contributed by atoms with Crippen molar-refractivity contribution in [2.75, 3.05) is 13.7 Å². The quantitative estimate of drug-likeness (QED) is 0.453. The van der Waals surface area contributed by atoms with E-state index in [9.17, 15) is 4.79 Å². The first-order chi connectivity index (χ1) is 9.65. The molecule has 0 aliphatic heterocycles. The van der Waals surface area contributed by atoms with Crippen LogP contribution in [0.3, 0.4) is 0 Å². The minimum Gasteiger partial charge on any atom is -0.496 e. The largest absolute Gasteiger partial charge is 0.496 e. The Hall–Kier alpha value is -0.780. The highest BCUT2D eigenvalue weighted by Gasteiger charge is 2.12. The number of hydrogen-bond acceptors (Lipinski definition) is 3. The van der Waals surface area contributed by atoms with Crippen LogP contribution in [-0.2, 0) is 0 Å². The molecule has 1 atom stereocenters. The van der Waals surface area contributed by atoms with Gasteiger partial charge in [-0.25, -0.2) is 0 Å². The minimum absolute atomic E-state index is 0.532. The van der Waals surface area contributed by atoms with Crippen LogP contribution >= 0.6 is 22.6 Å². The van der Waals surface area contributed by atoms with Crippen LogP contribution in [0.4, 0.5) is 0 Å². The van der Waals surface area contributed by atoms with Gasteiger partial charge in [-0.15, -0.1) is 0 Å².